The molecule has 1 heterocycles. The molecule has 1 fully saturated rings. The van der Waals surface area contributed by atoms with Crippen LogP contribution in [-0.4, -0.2) is 41.7 Å². The van der Waals surface area contributed by atoms with E-state index in [0.717, 1.165) is 38.7 Å². The summed E-state index contributed by atoms with van der Waals surface area (Å²) in [7, 11) is 0. The molecule has 38 heavy (non-hydrogen) atoms. The maximum atomic E-state index is 13.0. The normalized spacial score (nSPS) is 14.2. The number of carbonyl (C=O) groups is 3. The summed E-state index contributed by atoms with van der Waals surface area (Å²) in [5, 5.41) is 2.44. The quantitative estimate of drug-likeness (QED) is 0.284. The van der Waals surface area contributed by atoms with Gasteiger partial charge in [-0.2, -0.15) is 0 Å². The van der Waals surface area contributed by atoms with Crippen molar-refractivity contribution in [2.45, 2.75) is 20.8 Å². The number of imide groups is 1. The Morgan fingerprint density at radius 3 is 2.55 bits per heavy atom. The second kappa shape index (κ2) is 12.3. The molecule has 1 aliphatic rings. The van der Waals surface area contributed by atoms with Crippen molar-refractivity contribution in [1.29, 1.82) is 0 Å². The number of nitrogens with one attached hydrogen (secondary N) is 1. The van der Waals surface area contributed by atoms with Crippen molar-refractivity contribution in [3.8, 4) is 11.5 Å². The highest BCUT2D eigenvalue weighted by molar-refractivity contribution is 9.10. The standard InChI is InChI=1S/C29H27BrN2O5S/c1-18-5-4-6-23(13-18)31-27(33)17-37-24-10-9-22(30)15-21(24)16-26-28(34)32(29(35)38-26)11-12-36-25-14-19(2)7-8-20(25)3/h4-10,13-16H,11-12,17H2,1-3H3,(H,31,33)/b26-16-. The van der Waals surface area contributed by atoms with Gasteiger partial charge in [-0.25, -0.2) is 0 Å². The Morgan fingerprint density at radius 1 is 0.974 bits per heavy atom. The predicted molar refractivity (Wildman–Crippen MR) is 154 cm³/mol. The Hall–Kier alpha value is -3.56. The van der Waals surface area contributed by atoms with Crippen molar-refractivity contribution in [3.63, 3.8) is 0 Å². The van der Waals surface area contributed by atoms with Crippen molar-refractivity contribution < 1.29 is 23.9 Å². The van der Waals surface area contributed by atoms with Gasteiger partial charge < -0.3 is 14.8 Å². The number of ether oxygens (including phenoxy) is 2. The summed E-state index contributed by atoms with van der Waals surface area (Å²) >= 11 is 4.30. The summed E-state index contributed by atoms with van der Waals surface area (Å²) in [5.74, 6) is 0.439. The van der Waals surface area contributed by atoms with Crippen LogP contribution in [0.3, 0.4) is 0 Å². The third-order valence-electron chi connectivity index (χ3n) is 5.71. The summed E-state index contributed by atoms with van der Waals surface area (Å²) in [6.07, 6.45) is 1.61. The van der Waals surface area contributed by atoms with Gasteiger partial charge in [0.25, 0.3) is 17.1 Å². The van der Waals surface area contributed by atoms with Gasteiger partial charge >= 0.3 is 0 Å². The molecule has 0 aliphatic carbocycles. The first-order chi connectivity index (χ1) is 18.2. The number of aryl methyl sites for hydroxylation is 3. The first kappa shape index (κ1) is 27.5. The van der Waals surface area contributed by atoms with E-state index in [2.05, 4.69) is 21.2 Å². The van der Waals surface area contributed by atoms with Gasteiger partial charge in [-0.05, 0) is 91.7 Å². The highest BCUT2D eigenvalue weighted by Gasteiger charge is 2.35. The number of hydrogen-bond donors (Lipinski definition) is 1. The predicted octanol–water partition coefficient (Wildman–Crippen LogP) is 6.51. The van der Waals surface area contributed by atoms with Crippen molar-refractivity contribution in [3.05, 3.63) is 92.3 Å². The average Bonchev–Trinajstić information content (AvgIpc) is 3.13. The molecule has 9 heteroatoms. The van der Waals surface area contributed by atoms with E-state index in [9.17, 15) is 14.4 Å². The van der Waals surface area contributed by atoms with E-state index in [1.165, 1.54) is 4.90 Å². The van der Waals surface area contributed by atoms with Crippen LogP contribution in [0.4, 0.5) is 10.5 Å². The number of carbonyl (C=O) groups excluding carboxylic acids is 3. The fourth-order valence-electron chi connectivity index (χ4n) is 3.77. The van der Waals surface area contributed by atoms with Crippen molar-refractivity contribution in [2.75, 3.05) is 25.1 Å². The summed E-state index contributed by atoms with van der Waals surface area (Å²) < 4.78 is 12.4. The number of benzene rings is 3. The fraction of sp³-hybridized carbons (Fsp3) is 0.207. The monoisotopic (exact) mass is 594 g/mol. The van der Waals surface area contributed by atoms with E-state index in [0.29, 0.717) is 17.0 Å². The largest absolute Gasteiger partial charge is 0.491 e. The average molecular weight is 596 g/mol. The number of anilines is 1. The molecule has 3 aromatic rings. The second-order valence-electron chi connectivity index (χ2n) is 8.84. The lowest BCUT2D eigenvalue weighted by atomic mass is 10.1. The second-order valence-corrected chi connectivity index (χ2v) is 10.7. The molecular formula is C29H27BrN2O5S. The summed E-state index contributed by atoms with van der Waals surface area (Å²) in [4.78, 5) is 39.5. The topological polar surface area (TPSA) is 84.9 Å². The highest BCUT2D eigenvalue weighted by Crippen LogP contribution is 2.35. The molecule has 1 saturated heterocycles. The minimum absolute atomic E-state index is 0.135. The van der Waals surface area contributed by atoms with E-state index in [1.54, 1.807) is 30.3 Å². The van der Waals surface area contributed by atoms with Crippen LogP contribution in [0.5, 0.6) is 11.5 Å². The molecule has 7 nitrogen and oxygen atoms in total. The van der Waals surface area contributed by atoms with Gasteiger partial charge in [0.15, 0.2) is 6.61 Å². The van der Waals surface area contributed by atoms with E-state index < -0.39 is 5.91 Å². The minimum Gasteiger partial charge on any atom is -0.491 e. The SMILES string of the molecule is Cc1cccc(NC(=O)COc2ccc(Br)cc2/C=C2\SC(=O)N(CCOc3cc(C)ccc3C)C2=O)c1. The zero-order valence-electron chi connectivity index (χ0n) is 21.2. The minimum atomic E-state index is -0.396. The molecule has 0 aromatic heterocycles. The lowest BCUT2D eigenvalue weighted by molar-refractivity contribution is -0.123. The van der Waals surface area contributed by atoms with Crippen LogP contribution in [-0.2, 0) is 9.59 Å². The Morgan fingerprint density at radius 2 is 1.76 bits per heavy atom. The molecule has 3 amide bonds. The number of hydrogen-bond acceptors (Lipinski definition) is 6. The zero-order chi connectivity index (χ0) is 27.2. The van der Waals surface area contributed by atoms with Crippen molar-refractivity contribution in [2.24, 2.45) is 0 Å². The van der Waals surface area contributed by atoms with Crippen LogP contribution in [0.25, 0.3) is 6.08 Å². The summed E-state index contributed by atoms with van der Waals surface area (Å²) in [6.45, 7) is 5.98. The molecular weight excluding hydrogens is 568 g/mol. The molecule has 0 radical (unpaired) electrons. The van der Waals surface area contributed by atoms with Crippen LogP contribution < -0.4 is 14.8 Å². The molecule has 0 bridgehead atoms. The van der Waals surface area contributed by atoms with Gasteiger partial charge in [0.05, 0.1) is 11.4 Å². The fourth-order valence-corrected chi connectivity index (χ4v) is 5.01. The van der Waals surface area contributed by atoms with Crippen molar-refractivity contribution in [1.82, 2.24) is 4.90 Å². The molecule has 4 rings (SSSR count). The molecule has 0 atom stereocenters. The van der Waals surface area contributed by atoms with E-state index in [4.69, 9.17) is 9.47 Å². The third-order valence-corrected chi connectivity index (χ3v) is 7.11. The van der Waals surface area contributed by atoms with Gasteiger partial charge in [0.1, 0.15) is 18.1 Å². The van der Waals surface area contributed by atoms with Gasteiger partial charge in [-0.1, -0.05) is 40.2 Å². The number of amides is 3. The Kier molecular flexibility index (Phi) is 8.91. The summed E-state index contributed by atoms with van der Waals surface area (Å²) in [6, 6.07) is 18.6. The maximum Gasteiger partial charge on any atom is 0.293 e. The van der Waals surface area contributed by atoms with Gasteiger partial charge in [-0.15, -0.1) is 0 Å². The third kappa shape index (κ3) is 7.05. The lowest BCUT2D eigenvalue weighted by Crippen LogP contribution is -2.32. The molecule has 3 aromatic carbocycles. The first-order valence-corrected chi connectivity index (χ1v) is 13.5. The number of rotatable bonds is 9. The Labute approximate surface area is 234 Å². The summed E-state index contributed by atoms with van der Waals surface area (Å²) in [5.41, 5.74) is 4.34. The van der Waals surface area contributed by atoms with E-state index in [-0.39, 0.29) is 35.8 Å². The molecule has 1 N–H and O–H groups in total. The van der Waals surface area contributed by atoms with Gasteiger partial charge in [-0.3, -0.25) is 19.3 Å². The van der Waals surface area contributed by atoms with Crippen LogP contribution in [0.1, 0.15) is 22.3 Å². The van der Waals surface area contributed by atoms with E-state index >= 15 is 0 Å². The van der Waals surface area contributed by atoms with Gasteiger partial charge in [0, 0.05) is 15.7 Å². The van der Waals surface area contributed by atoms with Crippen molar-refractivity contribution >= 4 is 56.5 Å². The maximum absolute atomic E-state index is 13.0. The molecule has 196 valence electrons. The van der Waals surface area contributed by atoms with Crippen LogP contribution in [0.2, 0.25) is 0 Å². The van der Waals surface area contributed by atoms with Crippen LogP contribution in [0.15, 0.2) is 70.0 Å². The molecule has 0 spiro atoms. The smallest absolute Gasteiger partial charge is 0.293 e. The van der Waals surface area contributed by atoms with E-state index in [1.807, 2.05) is 57.2 Å². The number of halogens is 1. The molecule has 0 unspecified atom stereocenters. The Balaban J connectivity index is 1.41. The molecule has 1 aliphatic heterocycles. The van der Waals surface area contributed by atoms with Crippen LogP contribution in [0, 0.1) is 20.8 Å². The highest BCUT2D eigenvalue weighted by atomic mass is 79.9. The first-order valence-electron chi connectivity index (χ1n) is 11.9. The Bertz CT molecular complexity index is 1420. The molecule has 0 saturated carbocycles. The number of nitrogens with zero attached hydrogens (tertiary/aromatic N) is 1. The van der Waals surface area contributed by atoms with Crippen LogP contribution >= 0.6 is 27.7 Å². The lowest BCUT2D eigenvalue weighted by Gasteiger charge is -2.14. The number of thioether (sulfide) groups is 1. The van der Waals surface area contributed by atoms with Gasteiger partial charge in [0.2, 0.25) is 0 Å². The zero-order valence-corrected chi connectivity index (χ0v) is 23.6.